The van der Waals surface area contributed by atoms with Gasteiger partial charge in [-0.1, -0.05) is 0 Å². The minimum absolute atomic E-state index is 0.716. The molecule has 0 aliphatic heterocycles. The minimum Gasteiger partial charge on any atom is -0.397 e. The molecule has 76 valence electrons. The summed E-state index contributed by atoms with van der Waals surface area (Å²) in [6.07, 6.45) is 6.30. The van der Waals surface area contributed by atoms with Gasteiger partial charge in [0.15, 0.2) is 0 Å². The van der Waals surface area contributed by atoms with Crippen molar-refractivity contribution in [3.8, 4) is 0 Å². The summed E-state index contributed by atoms with van der Waals surface area (Å²) in [5.41, 5.74) is 8.24. The van der Waals surface area contributed by atoms with Crippen LogP contribution in [0.1, 0.15) is 24.3 Å². The molecule has 2 N–H and O–H groups in total. The van der Waals surface area contributed by atoms with Gasteiger partial charge in [-0.15, -0.1) is 0 Å². The molecule has 1 aromatic carbocycles. The Labute approximate surface area is 96.6 Å². The van der Waals surface area contributed by atoms with E-state index in [0.29, 0.717) is 5.92 Å². The van der Waals surface area contributed by atoms with Crippen molar-refractivity contribution in [2.45, 2.75) is 18.8 Å². The number of pyridine rings is 1. The molecular weight excluding hydrogens is 252 g/mol. The Morgan fingerprint density at radius 3 is 2.87 bits per heavy atom. The van der Waals surface area contributed by atoms with Gasteiger partial charge in [-0.2, -0.15) is 0 Å². The number of nitrogen functional groups attached to an aromatic ring is 1. The van der Waals surface area contributed by atoms with E-state index >= 15 is 0 Å². The quantitative estimate of drug-likeness (QED) is 0.800. The van der Waals surface area contributed by atoms with Gasteiger partial charge in [0, 0.05) is 27.6 Å². The molecule has 0 atom stereocenters. The number of nitrogens with zero attached hydrogens (tertiary/aromatic N) is 1. The van der Waals surface area contributed by atoms with Gasteiger partial charge < -0.3 is 5.73 Å². The molecule has 3 rings (SSSR count). The van der Waals surface area contributed by atoms with Crippen molar-refractivity contribution < 1.29 is 0 Å². The van der Waals surface area contributed by atoms with E-state index < -0.39 is 0 Å². The highest BCUT2D eigenvalue weighted by atomic mass is 79.9. The summed E-state index contributed by atoms with van der Waals surface area (Å²) in [7, 11) is 0. The van der Waals surface area contributed by atoms with Crippen LogP contribution < -0.4 is 5.73 Å². The van der Waals surface area contributed by atoms with Gasteiger partial charge in [-0.05, 0) is 52.4 Å². The molecule has 0 amide bonds. The molecule has 0 spiro atoms. The third-order valence-electron chi connectivity index (χ3n) is 2.98. The van der Waals surface area contributed by atoms with Gasteiger partial charge in [-0.25, -0.2) is 0 Å². The van der Waals surface area contributed by atoms with Crippen molar-refractivity contribution in [1.29, 1.82) is 0 Å². The van der Waals surface area contributed by atoms with Crippen LogP contribution in [0.4, 0.5) is 5.69 Å². The van der Waals surface area contributed by atoms with Crippen LogP contribution in [0.2, 0.25) is 0 Å². The van der Waals surface area contributed by atoms with Crippen LogP contribution in [-0.2, 0) is 0 Å². The SMILES string of the molecule is Nc1c(Br)cc(C2CC2)c2cnccc12. The second-order valence-corrected chi connectivity index (χ2v) is 4.91. The molecule has 15 heavy (non-hydrogen) atoms. The van der Waals surface area contributed by atoms with E-state index in [-0.39, 0.29) is 0 Å². The summed E-state index contributed by atoms with van der Waals surface area (Å²) in [5.74, 6) is 0.716. The number of hydrogen-bond donors (Lipinski definition) is 1. The van der Waals surface area contributed by atoms with Crippen molar-refractivity contribution in [2.24, 2.45) is 0 Å². The van der Waals surface area contributed by atoms with E-state index in [9.17, 15) is 0 Å². The second-order valence-electron chi connectivity index (χ2n) is 4.06. The molecular formula is C12H11BrN2. The lowest BCUT2D eigenvalue weighted by atomic mass is 10.0. The zero-order chi connectivity index (χ0) is 10.4. The predicted molar refractivity (Wildman–Crippen MR) is 65.8 cm³/mol. The molecule has 2 nitrogen and oxygen atoms in total. The lowest BCUT2D eigenvalue weighted by molar-refractivity contribution is 1.14. The monoisotopic (exact) mass is 262 g/mol. The van der Waals surface area contributed by atoms with E-state index in [1.165, 1.54) is 23.8 Å². The molecule has 2 aromatic rings. The zero-order valence-corrected chi connectivity index (χ0v) is 9.79. The van der Waals surface area contributed by atoms with Gasteiger partial charge in [0.25, 0.3) is 0 Å². The lowest BCUT2D eigenvalue weighted by Crippen LogP contribution is -1.93. The Balaban J connectivity index is 2.39. The molecule has 1 aromatic heterocycles. The summed E-state index contributed by atoms with van der Waals surface area (Å²) in [6, 6.07) is 4.14. The van der Waals surface area contributed by atoms with Crippen LogP contribution in [0.15, 0.2) is 29.0 Å². The van der Waals surface area contributed by atoms with E-state index in [4.69, 9.17) is 5.73 Å². The van der Waals surface area contributed by atoms with Crippen molar-refractivity contribution in [1.82, 2.24) is 4.98 Å². The first-order chi connectivity index (χ1) is 7.27. The largest absolute Gasteiger partial charge is 0.397 e. The number of anilines is 1. The molecule has 1 aliphatic rings. The fourth-order valence-corrected chi connectivity index (χ4v) is 2.47. The maximum atomic E-state index is 6.03. The topological polar surface area (TPSA) is 38.9 Å². The minimum atomic E-state index is 0.716. The van der Waals surface area contributed by atoms with Gasteiger partial charge in [0.05, 0.1) is 5.69 Å². The third-order valence-corrected chi connectivity index (χ3v) is 3.64. The average molecular weight is 263 g/mol. The highest BCUT2D eigenvalue weighted by Gasteiger charge is 2.26. The van der Waals surface area contributed by atoms with Crippen molar-refractivity contribution >= 4 is 32.4 Å². The number of fused-ring (bicyclic) bond motifs is 1. The van der Waals surface area contributed by atoms with Gasteiger partial charge in [-0.3, -0.25) is 4.98 Å². The fourth-order valence-electron chi connectivity index (χ4n) is 2.01. The average Bonchev–Trinajstić information content (AvgIpc) is 3.07. The summed E-state index contributed by atoms with van der Waals surface area (Å²) in [4.78, 5) is 4.18. The maximum Gasteiger partial charge on any atom is 0.0539 e. The summed E-state index contributed by atoms with van der Waals surface area (Å²) < 4.78 is 1.00. The highest BCUT2D eigenvalue weighted by Crippen LogP contribution is 2.45. The Kier molecular flexibility index (Phi) is 1.96. The number of halogens is 1. The number of nitrogens with two attached hydrogens (primary N) is 1. The van der Waals surface area contributed by atoms with Crippen LogP contribution in [0, 0.1) is 0 Å². The summed E-state index contributed by atoms with van der Waals surface area (Å²) in [6.45, 7) is 0. The van der Waals surface area contributed by atoms with Gasteiger partial charge >= 0.3 is 0 Å². The molecule has 0 saturated heterocycles. The predicted octanol–water partition coefficient (Wildman–Crippen LogP) is 3.46. The molecule has 1 aliphatic carbocycles. The van der Waals surface area contributed by atoms with Crippen LogP contribution >= 0.6 is 15.9 Å². The molecule has 1 saturated carbocycles. The van der Waals surface area contributed by atoms with Crippen LogP contribution in [-0.4, -0.2) is 4.98 Å². The first-order valence-corrected chi connectivity index (χ1v) is 5.88. The van der Waals surface area contributed by atoms with E-state index in [1.807, 2.05) is 12.3 Å². The first-order valence-electron chi connectivity index (χ1n) is 5.09. The second kappa shape index (κ2) is 3.20. The molecule has 1 heterocycles. The standard InChI is InChI=1S/C12H11BrN2/c13-11-5-9(7-1-2-7)10-6-15-4-3-8(10)12(11)14/h3-7H,1-2,14H2. The maximum absolute atomic E-state index is 6.03. The van der Waals surface area contributed by atoms with Crippen molar-refractivity contribution in [3.05, 3.63) is 34.6 Å². The zero-order valence-electron chi connectivity index (χ0n) is 8.20. The number of rotatable bonds is 1. The molecule has 0 unspecified atom stereocenters. The Morgan fingerprint density at radius 2 is 2.13 bits per heavy atom. The van der Waals surface area contributed by atoms with Crippen molar-refractivity contribution in [2.75, 3.05) is 5.73 Å². The normalized spacial score (nSPS) is 15.8. The van der Waals surface area contributed by atoms with E-state index in [1.54, 1.807) is 6.20 Å². The molecule has 3 heteroatoms. The Bertz CT molecular complexity index is 532. The van der Waals surface area contributed by atoms with E-state index in [0.717, 1.165) is 15.5 Å². The summed E-state index contributed by atoms with van der Waals surface area (Å²) in [5, 5.41) is 2.32. The Morgan fingerprint density at radius 1 is 1.33 bits per heavy atom. The molecule has 0 radical (unpaired) electrons. The first kappa shape index (κ1) is 9.16. The van der Waals surface area contributed by atoms with Crippen molar-refractivity contribution in [3.63, 3.8) is 0 Å². The highest BCUT2D eigenvalue weighted by molar-refractivity contribution is 9.10. The third kappa shape index (κ3) is 1.42. The van der Waals surface area contributed by atoms with Crippen LogP contribution in [0.3, 0.4) is 0 Å². The van der Waals surface area contributed by atoms with Crippen LogP contribution in [0.5, 0.6) is 0 Å². The van der Waals surface area contributed by atoms with Gasteiger partial charge in [0.1, 0.15) is 0 Å². The Hall–Kier alpha value is -1.09. The molecule has 1 fully saturated rings. The number of benzene rings is 1. The lowest BCUT2D eigenvalue weighted by Gasteiger charge is -2.09. The van der Waals surface area contributed by atoms with Gasteiger partial charge in [0.2, 0.25) is 0 Å². The van der Waals surface area contributed by atoms with Crippen LogP contribution in [0.25, 0.3) is 10.8 Å². The number of hydrogen-bond acceptors (Lipinski definition) is 2. The smallest absolute Gasteiger partial charge is 0.0539 e. The molecule has 0 bridgehead atoms. The fraction of sp³-hybridized carbons (Fsp3) is 0.250. The van der Waals surface area contributed by atoms with E-state index in [2.05, 4.69) is 27.0 Å². The summed E-state index contributed by atoms with van der Waals surface area (Å²) >= 11 is 3.52. The number of aromatic nitrogens is 1.